The largest absolute Gasteiger partial charge is 0.460 e. The second-order valence-electron chi connectivity index (χ2n) is 19.1. The van der Waals surface area contributed by atoms with E-state index in [0.29, 0.717) is 37.3 Å². The Balaban J connectivity index is 1.24. The minimum Gasteiger partial charge on any atom is -0.460 e. The van der Waals surface area contributed by atoms with Gasteiger partial charge >= 0.3 is 6.09 Å². The van der Waals surface area contributed by atoms with Gasteiger partial charge in [-0.15, -0.1) is 18.3 Å². The average molecular weight is 976 g/mol. The summed E-state index contributed by atoms with van der Waals surface area (Å²) in [5.41, 5.74) is 3.39. The molecule has 12 nitrogen and oxygen atoms in total. The Labute approximate surface area is 418 Å². The average Bonchev–Trinajstić information content (AvgIpc) is 3.37. The summed E-state index contributed by atoms with van der Waals surface area (Å²) in [5.74, 6) is -0.631. The molecule has 3 aliphatic rings. The van der Waals surface area contributed by atoms with Crippen molar-refractivity contribution >= 4 is 40.0 Å². The highest BCUT2D eigenvalue weighted by molar-refractivity contribution is 8.00. The van der Waals surface area contributed by atoms with Crippen molar-refractivity contribution in [2.75, 3.05) is 26.4 Å². The van der Waals surface area contributed by atoms with E-state index in [2.05, 4.69) is 55.2 Å². The molecule has 1 aliphatic heterocycles. The maximum atomic E-state index is 13.4. The normalized spacial score (nSPS) is 21.8. The molecule has 1 heterocycles. The van der Waals surface area contributed by atoms with Crippen LogP contribution in [-0.4, -0.2) is 64.3 Å². The first-order valence-electron chi connectivity index (χ1n) is 25.8. The van der Waals surface area contributed by atoms with Gasteiger partial charge < -0.3 is 34.6 Å². The smallest absolute Gasteiger partial charge is 0.412 e. The number of oxime groups is 1. The molecule has 376 valence electrons. The monoisotopic (exact) mass is 976 g/mol. The van der Waals surface area contributed by atoms with Crippen LogP contribution in [0.1, 0.15) is 133 Å². The van der Waals surface area contributed by atoms with Crippen molar-refractivity contribution in [3.8, 4) is 11.5 Å². The number of nitro groups is 1. The number of hydrogen-bond acceptors (Lipinski definition) is 11. The highest BCUT2D eigenvalue weighted by Crippen LogP contribution is 2.63. The van der Waals surface area contributed by atoms with Crippen LogP contribution >= 0.6 is 11.8 Å². The van der Waals surface area contributed by atoms with Crippen molar-refractivity contribution in [3.05, 3.63) is 130 Å². The topological polar surface area (TPSA) is 162 Å². The van der Waals surface area contributed by atoms with E-state index in [1.165, 1.54) is 57.1 Å². The lowest BCUT2D eigenvalue weighted by Crippen LogP contribution is -2.64. The summed E-state index contributed by atoms with van der Waals surface area (Å²) >= 11 is 1.69. The van der Waals surface area contributed by atoms with Crippen molar-refractivity contribution in [2.24, 2.45) is 22.9 Å². The Hall–Kier alpha value is -5.21. The number of unbranched alkanes of at least 4 members (excludes halogenated alkanes) is 11. The number of carbonyl (C=O) groups excluding carboxylic acids is 1. The Morgan fingerprint density at radius 1 is 0.886 bits per heavy atom. The van der Waals surface area contributed by atoms with E-state index in [1.54, 1.807) is 36.0 Å². The molecular weight excluding hydrogens is 903 g/mol. The number of thioether (sulfide) groups is 1. The van der Waals surface area contributed by atoms with E-state index in [0.717, 1.165) is 83.0 Å². The first kappa shape index (κ1) is 52.6. The van der Waals surface area contributed by atoms with Gasteiger partial charge in [0.2, 0.25) is 5.79 Å². The summed E-state index contributed by atoms with van der Waals surface area (Å²) in [7, 11) is 0. The number of carbonyl (C=O) groups is 1. The van der Waals surface area contributed by atoms with E-state index < -0.39 is 22.7 Å². The van der Waals surface area contributed by atoms with Crippen molar-refractivity contribution in [2.45, 2.75) is 145 Å². The molecule has 7 rings (SSSR count). The zero-order chi connectivity index (χ0) is 49.1. The van der Waals surface area contributed by atoms with Gasteiger partial charge in [0.1, 0.15) is 18.1 Å². The van der Waals surface area contributed by atoms with E-state index in [4.69, 9.17) is 24.2 Å². The number of non-ortho nitro benzene ring substituents is 1. The molecule has 1 fully saturated rings. The lowest BCUT2D eigenvalue weighted by molar-refractivity contribution is -0.384. The van der Waals surface area contributed by atoms with Crippen molar-refractivity contribution in [3.63, 3.8) is 0 Å². The number of amides is 1. The molecule has 0 bridgehead atoms. The first-order chi connectivity index (χ1) is 34.3. The Bertz CT molecular complexity index is 2390. The minimum atomic E-state index is -1.22. The van der Waals surface area contributed by atoms with Crippen LogP contribution in [-0.2, 0) is 16.2 Å². The summed E-state index contributed by atoms with van der Waals surface area (Å²) in [5, 5.41) is 41.2. The first-order valence-corrected chi connectivity index (χ1v) is 26.7. The van der Waals surface area contributed by atoms with Crippen LogP contribution in [0.5, 0.6) is 11.5 Å². The molecule has 0 aromatic heterocycles. The Kier molecular flexibility index (Phi) is 20.2. The molecule has 2 aliphatic carbocycles. The zero-order valence-electron chi connectivity index (χ0n) is 40.9. The molecule has 70 heavy (non-hydrogen) atoms. The maximum Gasteiger partial charge on any atom is 0.412 e. The molecule has 3 N–H and O–H groups in total. The number of nitrogens with zero attached hydrogens (tertiary/aromatic N) is 2. The van der Waals surface area contributed by atoms with E-state index >= 15 is 0 Å². The van der Waals surface area contributed by atoms with Gasteiger partial charge in [-0.3, -0.25) is 10.1 Å². The molecule has 4 aromatic carbocycles. The fraction of sp³-hybridized carbons (Fsp3) is 0.509. The highest BCUT2D eigenvalue weighted by atomic mass is 32.2. The lowest BCUT2D eigenvalue weighted by atomic mass is 9.56. The fourth-order valence-corrected chi connectivity index (χ4v) is 12.1. The standard InChI is InChI=1S/C57H73N3O9S/c1-3-5-6-7-8-9-10-11-12-17-32-58-56(63)68-46-29-31-52-50(38-46)54-48(23-16-19-34-62)44(22-15-18-33-61)37-49-51(59-67-40-41-24-27-45(28-25-41)60(64)65)39-53(57(69-52,55(49)54)66-35-4-2)70-47-30-26-42-20-13-14-21-43(42)36-47/h4,13-14,20-21,24-31,36-38,44,48,53-55,61-62H,2-3,5-12,15-19,22-23,32-35,39-40H2,1H3,(H,58,63)/t44-,48+,53-,54+,55+,57+/m0/s1. The Morgan fingerprint density at radius 3 is 2.31 bits per heavy atom. The van der Waals surface area contributed by atoms with Crippen molar-refractivity contribution in [1.29, 1.82) is 0 Å². The summed E-state index contributed by atoms with van der Waals surface area (Å²) in [6.45, 7) is 7.36. The number of aliphatic hydroxyl groups excluding tert-OH is 2. The molecule has 6 atom stereocenters. The summed E-state index contributed by atoms with van der Waals surface area (Å²) in [6.07, 6.45) is 20.7. The second-order valence-corrected chi connectivity index (χ2v) is 20.3. The van der Waals surface area contributed by atoms with Gasteiger partial charge in [-0.05, 0) is 108 Å². The highest BCUT2D eigenvalue weighted by Gasteiger charge is 2.64. The Morgan fingerprint density at radius 2 is 1.60 bits per heavy atom. The van der Waals surface area contributed by atoms with Gasteiger partial charge in [-0.2, -0.15) is 0 Å². The molecule has 0 saturated heterocycles. The fourth-order valence-electron chi connectivity index (χ4n) is 10.7. The van der Waals surface area contributed by atoms with Crippen LogP contribution in [0, 0.1) is 27.9 Å². The van der Waals surface area contributed by atoms with Gasteiger partial charge in [0, 0.05) is 54.7 Å². The third-order valence-corrected chi connectivity index (χ3v) is 15.5. The van der Waals surface area contributed by atoms with Crippen LogP contribution in [0.2, 0.25) is 0 Å². The van der Waals surface area contributed by atoms with Crippen molar-refractivity contribution < 1.29 is 39.0 Å². The molecule has 1 saturated carbocycles. The zero-order valence-corrected chi connectivity index (χ0v) is 41.8. The molecule has 0 unspecified atom stereocenters. The number of hydrogen-bond donors (Lipinski definition) is 3. The second kappa shape index (κ2) is 26.8. The van der Waals surface area contributed by atoms with Gasteiger partial charge in [-0.25, -0.2) is 4.79 Å². The third-order valence-electron chi connectivity index (χ3n) is 14.2. The molecular formula is C57H73N3O9S. The third kappa shape index (κ3) is 13.6. The van der Waals surface area contributed by atoms with Crippen molar-refractivity contribution in [1.82, 2.24) is 5.32 Å². The van der Waals surface area contributed by atoms with Crippen LogP contribution in [0.25, 0.3) is 10.8 Å². The van der Waals surface area contributed by atoms with Gasteiger partial charge in [0.15, 0.2) is 0 Å². The summed E-state index contributed by atoms with van der Waals surface area (Å²) in [6, 6.07) is 26.7. The van der Waals surface area contributed by atoms with E-state index in [1.807, 2.05) is 24.3 Å². The number of nitrogens with one attached hydrogen (secondary N) is 1. The van der Waals surface area contributed by atoms with E-state index in [9.17, 15) is 25.1 Å². The number of ether oxygens (including phenoxy) is 3. The predicted molar refractivity (Wildman–Crippen MR) is 279 cm³/mol. The van der Waals surface area contributed by atoms with Crippen LogP contribution < -0.4 is 14.8 Å². The van der Waals surface area contributed by atoms with Gasteiger partial charge in [0.25, 0.3) is 5.69 Å². The number of allylic oxidation sites excluding steroid dienone is 1. The lowest BCUT2D eigenvalue weighted by Gasteiger charge is -2.58. The number of fused-ring (bicyclic) bond motifs is 3. The molecule has 4 aromatic rings. The minimum absolute atomic E-state index is 0.00191. The van der Waals surface area contributed by atoms with Crippen LogP contribution in [0.15, 0.2) is 119 Å². The number of rotatable bonds is 29. The predicted octanol–water partition coefficient (Wildman–Crippen LogP) is 13.4. The van der Waals surface area contributed by atoms with Gasteiger partial charge in [-0.1, -0.05) is 125 Å². The molecule has 1 amide bonds. The SMILES string of the molecule is C=CCO[C@@]12Oc3ccc(OC(=O)NCCCCCCCCCCCC)cc3[C@H]3[C@H](CCCCO)[C@@H](CCCCO)C=C(C(=NOCc4ccc([N+](=O)[O-])cc4)C[C@@H]1Sc1ccc4ccccc4c1)[C@H]32. The van der Waals surface area contributed by atoms with Gasteiger partial charge in [0.05, 0.1) is 28.4 Å². The van der Waals surface area contributed by atoms with Crippen LogP contribution in [0.3, 0.4) is 0 Å². The van der Waals surface area contributed by atoms with Crippen LogP contribution in [0.4, 0.5) is 10.5 Å². The number of aliphatic hydroxyl groups is 2. The van der Waals surface area contributed by atoms with E-state index in [-0.39, 0.29) is 55.1 Å². The molecule has 13 heteroatoms. The summed E-state index contributed by atoms with van der Waals surface area (Å²) in [4.78, 5) is 31.6. The number of nitro benzene ring substituents is 1. The number of benzene rings is 4. The molecule has 0 spiro atoms. The summed E-state index contributed by atoms with van der Waals surface area (Å²) < 4.78 is 20.6. The quantitative estimate of drug-likeness (QED) is 0.0207. The maximum absolute atomic E-state index is 13.4. The molecule has 0 radical (unpaired) electrons.